The number of nitro benzene ring substituents is 1. The number of ketones is 1. The third-order valence-corrected chi connectivity index (χ3v) is 3.58. The Labute approximate surface area is 141 Å². The van der Waals surface area contributed by atoms with Crippen LogP contribution in [0.2, 0.25) is 0 Å². The summed E-state index contributed by atoms with van der Waals surface area (Å²) in [6, 6.07) is 13.6. The van der Waals surface area contributed by atoms with Crippen molar-refractivity contribution in [2.75, 3.05) is 5.32 Å². The van der Waals surface area contributed by atoms with Gasteiger partial charge in [-0.3, -0.25) is 14.9 Å². The van der Waals surface area contributed by atoms with Gasteiger partial charge in [-0.1, -0.05) is 51.1 Å². The lowest BCUT2D eigenvalue weighted by atomic mass is 9.86. The molecule has 0 amide bonds. The van der Waals surface area contributed by atoms with E-state index in [2.05, 4.69) is 26.1 Å². The molecule has 0 saturated carbocycles. The van der Waals surface area contributed by atoms with Crippen molar-refractivity contribution in [1.29, 1.82) is 0 Å². The summed E-state index contributed by atoms with van der Waals surface area (Å²) >= 11 is 0. The third-order valence-electron chi connectivity index (χ3n) is 3.58. The average Bonchev–Trinajstić information content (AvgIpc) is 2.54. The van der Waals surface area contributed by atoms with Gasteiger partial charge in [0.15, 0.2) is 5.78 Å². The first kappa shape index (κ1) is 17.4. The molecule has 24 heavy (non-hydrogen) atoms. The maximum Gasteiger partial charge on any atom is 0.271 e. The molecule has 2 aromatic rings. The van der Waals surface area contributed by atoms with Gasteiger partial charge in [0.1, 0.15) is 0 Å². The molecule has 0 radical (unpaired) electrons. The van der Waals surface area contributed by atoms with Crippen LogP contribution < -0.4 is 5.32 Å². The van der Waals surface area contributed by atoms with Gasteiger partial charge < -0.3 is 5.32 Å². The highest BCUT2D eigenvalue weighted by atomic mass is 16.6. The van der Waals surface area contributed by atoms with Crippen molar-refractivity contribution in [1.82, 2.24) is 0 Å². The number of non-ortho nitro benzene ring substituents is 1. The molecular formula is C19H20N2O3. The molecule has 0 bridgehead atoms. The second kappa shape index (κ2) is 7.08. The molecule has 1 N–H and O–H groups in total. The van der Waals surface area contributed by atoms with E-state index in [0.29, 0.717) is 11.3 Å². The molecule has 0 aliphatic rings. The largest absolute Gasteiger partial charge is 0.361 e. The Kier molecular flexibility index (Phi) is 5.14. The van der Waals surface area contributed by atoms with Crippen LogP contribution in [0, 0.1) is 10.1 Å². The lowest BCUT2D eigenvalue weighted by Gasteiger charge is -2.18. The molecule has 5 heteroatoms. The molecule has 0 aliphatic heterocycles. The van der Waals surface area contributed by atoms with Crippen molar-refractivity contribution < 1.29 is 9.72 Å². The fourth-order valence-corrected chi connectivity index (χ4v) is 2.15. The zero-order valence-corrected chi connectivity index (χ0v) is 13.9. The number of anilines is 1. The van der Waals surface area contributed by atoms with Crippen molar-refractivity contribution in [2.45, 2.75) is 26.2 Å². The van der Waals surface area contributed by atoms with Crippen LogP contribution in [0.1, 0.15) is 36.7 Å². The van der Waals surface area contributed by atoms with Crippen LogP contribution in [0.5, 0.6) is 0 Å². The number of hydrogen-bond acceptors (Lipinski definition) is 4. The molecule has 0 heterocycles. The first-order chi connectivity index (χ1) is 11.3. The summed E-state index contributed by atoms with van der Waals surface area (Å²) in [5.74, 6) is -0.131. The third kappa shape index (κ3) is 4.52. The predicted octanol–water partition coefficient (Wildman–Crippen LogP) is 4.70. The maximum absolute atomic E-state index is 12.1. The number of nitrogens with one attached hydrogen (secondary N) is 1. The van der Waals surface area contributed by atoms with Crippen LogP contribution in [0.4, 0.5) is 11.4 Å². The molecule has 5 nitrogen and oxygen atoms in total. The summed E-state index contributed by atoms with van der Waals surface area (Å²) in [6.07, 6.45) is 2.89. The van der Waals surface area contributed by atoms with E-state index in [1.54, 1.807) is 24.3 Å². The SMILES string of the molecule is CC(C)(C)c1ccc(C(=O)C=CNc2cccc([N+](=O)[O-])c2)cc1. The standard InChI is InChI=1S/C19H20N2O3/c1-19(2,3)15-9-7-14(8-10-15)18(22)11-12-20-16-5-4-6-17(13-16)21(23)24/h4-13,20H,1-3H3. The van der Waals surface area contributed by atoms with Gasteiger partial charge in [0.25, 0.3) is 5.69 Å². The molecular weight excluding hydrogens is 304 g/mol. The molecule has 0 atom stereocenters. The number of nitrogens with zero attached hydrogens (tertiary/aromatic N) is 1. The quantitative estimate of drug-likeness (QED) is 0.374. The first-order valence-corrected chi connectivity index (χ1v) is 7.60. The Morgan fingerprint density at radius 3 is 2.38 bits per heavy atom. The van der Waals surface area contributed by atoms with E-state index in [9.17, 15) is 14.9 Å². The molecule has 2 rings (SSSR count). The summed E-state index contributed by atoms with van der Waals surface area (Å²) in [4.78, 5) is 22.4. The Morgan fingerprint density at radius 2 is 1.79 bits per heavy atom. The van der Waals surface area contributed by atoms with E-state index in [1.807, 2.05) is 12.1 Å². The number of allylic oxidation sites excluding steroid dienone is 1. The zero-order chi connectivity index (χ0) is 17.7. The van der Waals surface area contributed by atoms with Crippen LogP contribution in [-0.2, 0) is 5.41 Å². The smallest absolute Gasteiger partial charge is 0.271 e. The topological polar surface area (TPSA) is 72.2 Å². The summed E-state index contributed by atoms with van der Waals surface area (Å²) in [7, 11) is 0. The number of nitro groups is 1. The lowest BCUT2D eigenvalue weighted by Crippen LogP contribution is -2.11. The molecule has 124 valence electrons. The highest BCUT2D eigenvalue weighted by molar-refractivity contribution is 6.04. The molecule has 0 aromatic heterocycles. The van der Waals surface area contributed by atoms with E-state index in [1.165, 1.54) is 24.4 Å². The number of rotatable bonds is 5. The van der Waals surface area contributed by atoms with E-state index in [-0.39, 0.29) is 16.9 Å². The van der Waals surface area contributed by atoms with Crippen molar-refractivity contribution in [3.8, 4) is 0 Å². The fourth-order valence-electron chi connectivity index (χ4n) is 2.15. The normalized spacial score (nSPS) is 11.5. The van der Waals surface area contributed by atoms with Crippen molar-refractivity contribution >= 4 is 17.2 Å². The zero-order valence-electron chi connectivity index (χ0n) is 13.9. The Morgan fingerprint density at radius 1 is 1.12 bits per heavy atom. The van der Waals surface area contributed by atoms with Gasteiger partial charge in [0, 0.05) is 35.7 Å². The van der Waals surface area contributed by atoms with Crippen LogP contribution in [0.3, 0.4) is 0 Å². The Balaban J connectivity index is 2.03. The summed E-state index contributed by atoms with van der Waals surface area (Å²) in [5.41, 5.74) is 2.35. The van der Waals surface area contributed by atoms with Gasteiger partial charge in [-0.05, 0) is 17.0 Å². The second-order valence-corrected chi connectivity index (χ2v) is 6.48. The van der Waals surface area contributed by atoms with E-state index in [0.717, 1.165) is 5.56 Å². The molecule has 2 aromatic carbocycles. The minimum absolute atomic E-state index is 0.00232. The van der Waals surface area contributed by atoms with Crippen LogP contribution in [0.15, 0.2) is 60.8 Å². The second-order valence-electron chi connectivity index (χ2n) is 6.48. The number of benzene rings is 2. The average molecular weight is 324 g/mol. The summed E-state index contributed by atoms with van der Waals surface area (Å²) in [5, 5.41) is 13.6. The molecule has 0 saturated heterocycles. The summed E-state index contributed by atoms with van der Waals surface area (Å²) < 4.78 is 0. The van der Waals surface area contributed by atoms with Gasteiger partial charge >= 0.3 is 0 Å². The summed E-state index contributed by atoms with van der Waals surface area (Å²) in [6.45, 7) is 6.35. The first-order valence-electron chi connectivity index (χ1n) is 7.60. The van der Waals surface area contributed by atoms with Crippen LogP contribution in [0.25, 0.3) is 0 Å². The number of carbonyl (C=O) groups is 1. The maximum atomic E-state index is 12.1. The van der Waals surface area contributed by atoms with Crippen LogP contribution in [-0.4, -0.2) is 10.7 Å². The molecule has 0 fully saturated rings. The minimum Gasteiger partial charge on any atom is -0.361 e. The molecule has 0 spiro atoms. The van der Waals surface area contributed by atoms with Crippen molar-refractivity contribution in [3.05, 3.63) is 82.0 Å². The lowest BCUT2D eigenvalue weighted by molar-refractivity contribution is -0.384. The van der Waals surface area contributed by atoms with Gasteiger partial charge in [-0.25, -0.2) is 0 Å². The number of carbonyl (C=O) groups excluding carboxylic acids is 1. The highest BCUT2D eigenvalue weighted by Gasteiger charge is 2.13. The number of hydrogen-bond donors (Lipinski definition) is 1. The van der Waals surface area contributed by atoms with Gasteiger partial charge in [-0.15, -0.1) is 0 Å². The van der Waals surface area contributed by atoms with Crippen molar-refractivity contribution in [3.63, 3.8) is 0 Å². The van der Waals surface area contributed by atoms with Crippen LogP contribution >= 0.6 is 0 Å². The predicted molar refractivity (Wildman–Crippen MR) is 95.3 cm³/mol. The Bertz CT molecular complexity index is 772. The Hall–Kier alpha value is -2.95. The monoisotopic (exact) mass is 324 g/mol. The molecule has 0 unspecified atom stereocenters. The molecule has 0 aliphatic carbocycles. The fraction of sp³-hybridized carbons (Fsp3) is 0.211. The van der Waals surface area contributed by atoms with Crippen molar-refractivity contribution in [2.24, 2.45) is 0 Å². The van der Waals surface area contributed by atoms with Gasteiger partial charge in [0.2, 0.25) is 0 Å². The van der Waals surface area contributed by atoms with E-state index >= 15 is 0 Å². The minimum atomic E-state index is -0.461. The van der Waals surface area contributed by atoms with E-state index < -0.39 is 4.92 Å². The highest BCUT2D eigenvalue weighted by Crippen LogP contribution is 2.22. The van der Waals surface area contributed by atoms with Gasteiger partial charge in [0.05, 0.1) is 4.92 Å². The van der Waals surface area contributed by atoms with Gasteiger partial charge in [-0.2, -0.15) is 0 Å². The van der Waals surface area contributed by atoms with E-state index in [4.69, 9.17) is 0 Å².